The molecule has 44 heavy (non-hydrogen) atoms. The number of aryl methyl sites for hydroxylation is 1. The minimum Gasteiger partial charge on any atom is -0.486 e. The largest absolute Gasteiger partial charge is 0.486 e. The molecule has 1 aliphatic rings. The molecule has 0 saturated heterocycles. The molecule has 236 valence electrons. The molecule has 3 aromatic rings. The summed E-state index contributed by atoms with van der Waals surface area (Å²) in [5.74, 6) is 0.642. The number of rotatable bonds is 15. The summed E-state index contributed by atoms with van der Waals surface area (Å²) in [6, 6.07) is 21.9. The Bertz CT molecular complexity index is 1510. The van der Waals surface area contributed by atoms with E-state index in [-0.39, 0.29) is 37.7 Å². The maximum absolute atomic E-state index is 14.0. The first-order valence-corrected chi connectivity index (χ1v) is 17.0. The lowest BCUT2D eigenvalue weighted by atomic mass is 10.0. The van der Waals surface area contributed by atoms with Crippen LogP contribution in [0.4, 0.5) is 5.69 Å². The van der Waals surface area contributed by atoms with Crippen LogP contribution in [0.5, 0.6) is 11.5 Å². The van der Waals surface area contributed by atoms with Gasteiger partial charge in [-0.2, -0.15) is 0 Å². The van der Waals surface area contributed by atoms with Crippen molar-refractivity contribution in [3.05, 3.63) is 89.5 Å². The molecule has 0 aromatic heterocycles. The summed E-state index contributed by atoms with van der Waals surface area (Å²) in [6.07, 6.45) is 3.62. The predicted molar refractivity (Wildman–Crippen MR) is 172 cm³/mol. The van der Waals surface area contributed by atoms with E-state index in [1.807, 2.05) is 61.5 Å². The molecule has 2 amide bonds. The maximum Gasteiger partial charge on any atom is 0.243 e. The van der Waals surface area contributed by atoms with Crippen LogP contribution < -0.4 is 19.1 Å². The van der Waals surface area contributed by atoms with Gasteiger partial charge in [0, 0.05) is 38.5 Å². The van der Waals surface area contributed by atoms with E-state index in [0.29, 0.717) is 43.4 Å². The highest BCUT2D eigenvalue weighted by Gasteiger charge is 2.30. The molecule has 0 bridgehead atoms. The van der Waals surface area contributed by atoms with E-state index in [2.05, 4.69) is 12.2 Å². The fourth-order valence-electron chi connectivity index (χ4n) is 5.26. The number of benzene rings is 3. The van der Waals surface area contributed by atoms with Gasteiger partial charge in [-0.1, -0.05) is 73.5 Å². The predicted octanol–water partition coefficient (Wildman–Crippen LogP) is 4.87. The topological polar surface area (TPSA) is 105 Å². The van der Waals surface area contributed by atoms with Gasteiger partial charge in [-0.15, -0.1) is 0 Å². The van der Waals surface area contributed by atoms with Gasteiger partial charge in [0.05, 0.1) is 11.9 Å². The van der Waals surface area contributed by atoms with E-state index in [4.69, 9.17) is 9.47 Å². The normalized spacial score (nSPS) is 13.2. The van der Waals surface area contributed by atoms with Crippen LogP contribution in [0, 0.1) is 6.92 Å². The number of nitrogens with one attached hydrogen (secondary N) is 1. The van der Waals surface area contributed by atoms with Gasteiger partial charge in [-0.25, -0.2) is 8.42 Å². The molecule has 1 N–H and O–H groups in total. The van der Waals surface area contributed by atoms with Crippen molar-refractivity contribution in [1.29, 1.82) is 0 Å². The number of nitrogens with zero attached hydrogens (tertiary/aromatic N) is 2. The fourth-order valence-corrected chi connectivity index (χ4v) is 6.22. The molecule has 1 heterocycles. The molecule has 0 unspecified atom stereocenters. The molecule has 0 aliphatic carbocycles. The van der Waals surface area contributed by atoms with Crippen LogP contribution in [0.3, 0.4) is 0 Å². The van der Waals surface area contributed by atoms with Crippen molar-refractivity contribution in [2.24, 2.45) is 0 Å². The number of hydrogen-bond donors (Lipinski definition) is 1. The van der Waals surface area contributed by atoms with E-state index in [1.165, 1.54) is 4.31 Å². The minimum absolute atomic E-state index is 0.0654. The second kappa shape index (κ2) is 15.6. The van der Waals surface area contributed by atoms with Gasteiger partial charge < -0.3 is 19.7 Å². The quantitative estimate of drug-likeness (QED) is 0.243. The average Bonchev–Trinajstić information content (AvgIpc) is 3.00. The first-order valence-electron chi connectivity index (χ1n) is 15.2. The standard InChI is InChI=1S/C34H43N3O6S/c1-4-5-18-35-34(39)30(23-27-12-7-6-8-13-27)36(25-28-14-9-11-26(2)22-28)33(38)15-10-19-37(44(3,40)41)29-16-17-31-32(24-29)43-21-20-42-31/h6-9,11-14,16-17,22,24,30H,4-5,10,15,18-21,23,25H2,1-3H3,(H,35,39)/t30-/m0/s1. The fraction of sp³-hybridized carbons (Fsp3) is 0.412. The zero-order chi connectivity index (χ0) is 31.5. The first kappa shape index (κ1) is 32.9. The summed E-state index contributed by atoms with van der Waals surface area (Å²) >= 11 is 0. The molecule has 1 atom stereocenters. The smallest absolute Gasteiger partial charge is 0.243 e. The molecule has 0 spiro atoms. The van der Waals surface area contributed by atoms with Crippen LogP contribution >= 0.6 is 0 Å². The van der Waals surface area contributed by atoms with Gasteiger partial charge in [0.2, 0.25) is 21.8 Å². The summed E-state index contributed by atoms with van der Waals surface area (Å²) in [5, 5.41) is 3.03. The highest BCUT2D eigenvalue weighted by atomic mass is 32.2. The van der Waals surface area contributed by atoms with Crippen molar-refractivity contribution in [2.45, 2.75) is 58.5 Å². The molecule has 9 nitrogen and oxygen atoms in total. The van der Waals surface area contributed by atoms with Crippen LogP contribution in [0.1, 0.15) is 49.3 Å². The van der Waals surface area contributed by atoms with Crippen LogP contribution in [0.2, 0.25) is 0 Å². The van der Waals surface area contributed by atoms with Gasteiger partial charge in [0.1, 0.15) is 19.3 Å². The van der Waals surface area contributed by atoms with E-state index < -0.39 is 16.1 Å². The number of amides is 2. The Morgan fingerprint density at radius 3 is 2.34 bits per heavy atom. The molecular formula is C34H43N3O6S. The third-order valence-corrected chi connectivity index (χ3v) is 8.70. The number of unbranched alkanes of at least 4 members (excludes halogenated alkanes) is 1. The van der Waals surface area contributed by atoms with Gasteiger partial charge in [0.25, 0.3) is 0 Å². The lowest BCUT2D eigenvalue weighted by Crippen LogP contribution is -2.50. The molecule has 0 saturated carbocycles. The average molecular weight is 622 g/mol. The summed E-state index contributed by atoms with van der Waals surface area (Å²) in [5.41, 5.74) is 3.38. The van der Waals surface area contributed by atoms with Gasteiger partial charge in [-0.3, -0.25) is 13.9 Å². The van der Waals surface area contributed by atoms with Crippen LogP contribution in [-0.4, -0.2) is 63.7 Å². The van der Waals surface area contributed by atoms with Crippen LogP contribution in [-0.2, 0) is 32.6 Å². The number of ether oxygens (including phenoxy) is 2. The van der Waals surface area contributed by atoms with Crippen molar-refractivity contribution in [3.8, 4) is 11.5 Å². The number of sulfonamides is 1. The van der Waals surface area contributed by atoms with Gasteiger partial charge in [0.15, 0.2) is 11.5 Å². The van der Waals surface area contributed by atoms with Crippen molar-refractivity contribution in [3.63, 3.8) is 0 Å². The zero-order valence-corrected chi connectivity index (χ0v) is 26.6. The Labute approximate surface area is 261 Å². The molecule has 1 aliphatic heterocycles. The minimum atomic E-state index is -3.65. The molecule has 0 fully saturated rings. The van der Waals surface area contributed by atoms with Crippen molar-refractivity contribution < 1.29 is 27.5 Å². The third kappa shape index (κ3) is 9.22. The molecule has 3 aromatic carbocycles. The summed E-state index contributed by atoms with van der Waals surface area (Å²) in [7, 11) is -3.65. The molecule has 0 radical (unpaired) electrons. The summed E-state index contributed by atoms with van der Waals surface area (Å²) in [4.78, 5) is 29.3. The van der Waals surface area contributed by atoms with E-state index in [1.54, 1.807) is 23.1 Å². The second-order valence-corrected chi connectivity index (χ2v) is 13.0. The van der Waals surface area contributed by atoms with E-state index in [0.717, 1.165) is 35.8 Å². The number of fused-ring (bicyclic) bond motifs is 1. The Hall–Kier alpha value is -4.05. The first-order chi connectivity index (χ1) is 21.2. The van der Waals surface area contributed by atoms with Crippen molar-refractivity contribution in [2.75, 3.05) is 36.9 Å². The van der Waals surface area contributed by atoms with Crippen LogP contribution in [0.15, 0.2) is 72.8 Å². The Kier molecular flexibility index (Phi) is 11.7. The lowest BCUT2D eigenvalue weighted by Gasteiger charge is -2.32. The Balaban J connectivity index is 1.56. The van der Waals surface area contributed by atoms with Gasteiger partial charge >= 0.3 is 0 Å². The highest BCUT2D eigenvalue weighted by Crippen LogP contribution is 2.34. The zero-order valence-electron chi connectivity index (χ0n) is 25.8. The maximum atomic E-state index is 14.0. The number of carbonyl (C=O) groups excluding carboxylic acids is 2. The molecular weight excluding hydrogens is 578 g/mol. The Morgan fingerprint density at radius 1 is 0.909 bits per heavy atom. The Morgan fingerprint density at radius 2 is 1.64 bits per heavy atom. The number of anilines is 1. The van der Waals surface area contributed by atoms with Crippen LogP contribution in [0.25, 0.3) is 0 Å². The lowest BCUT2D eigenvalue weighted by molar-refractivity contribution is -0.141. The molecule has 4 rings (SSSR count). The number of hydrogen-bond acceptors (Lipinski definition) is 6. The SMILES string of the molecule is CCCCNC(=O)[C@H](Cc1ccccc1)N(Cc1cccc(C)c1)C(=O)CCCN(c1ccc2c(c1)OCCO2)S(C)(=O)=O. The third-order valence-electron chi connectivity index (χ3n) is 7.50. The summed E-state index contributed by atoms with van der Waals surface area (Å²) in [6.45, 7) is 5.76. The van der Waals surface area contributed by atoms with E-state index >= 15 is 0 Å². The molecule has 10 heteroatoms. The van der Waals surface area contributed by atoms with Crippen molar-refractivity contribution >= 4 is 27.5 Å². The van der Waals surface area contributed by atoms with Gasteiger partial charge in [-0.05, 0) is 43.0 Å². The van der Waals surface area contributed by atoms with E-state index in [9.17, 15) is 18.0 Å². The highest BCUT2D eigenvalue weighted by molar-refractivity contribution is 7.92. The number of carbonyl (C=O) groups is 2. The summed E-state index contributed by atoms with van der Waals surface area (Å²) < 4.78 is 38.1. The monoisotopic (exact) mass is 621 g/mol. The van der Waals surface area contributed by atoms with Crippen molar-refractivity contribution in [1.82, 2.24) is 10.2 Å². The second-order valence-electron chi connectivity index (χ2n) is 11.1.